The first-order valence-corrected chi connectivity index (χ1v) is 3.97. The van der Waals surface area contributed by atoms with Crippen molar-refractivity contribution in [2.24, 2.45) is 0 Å². The molecule has 0 unspecified atom stereocenters. The topological polar surface area (TPSA) is 29.5 Å². The van der Waals surface area contributed by atoms with Crippen LogP contribution in [0.15, 0.2) is 0 Å². The molecule has 0 fully saturated rings. The smallest absolute Gasteiger partial charge is 0.307 e. The Morgan fingerprint density at radius 1 is 1.45 bits per heavy atom. The van der Waals surface area contributed by atoms with Crippen LogP contribution in [0, 0.1) is 0 Å². The number of nitrogens with zero attached hydrogens (tertiary/aromatic N) is 1. The molecule has 0 atom stereocenters. The fourth-order valence-corrected chi connectivity index (χ4v) is 0.603. The number of ether oxygens (including phenoxy) is 1. The summed E-state index contributed by atoms with van der Waals surface area (Å²) in [7, 11) is 3.88. The molecule has 0 saturated heterocycles. The van der Waals surface area contributed by atoms with Gasteiger partial charge in [0.1, 0.15) is 0 Å². The maximum atomic E-state index is 10.9. The Morgan fingerprint density at radius 3 is 2.55 bits per heavy atom. The van der Waals surface area contributed by atoms with E-state index >= 15 is 0 Å². The monoisotopic (exact) mass is 159 g/mol. The van der Waals surface area contributed by atoms with Crippen molar-refractivity contribution in [1.82, 2.24) is 4.90 Å². The van der Waals surface area contributed by atoms with Gasteiger partial charge in [0.05, 0.1) is 13.0 Å². The summed E-state index contributed by atoms with van der Waals surface area (Å²) in [5, 5.41) is 0. The van der Waals surface area contributed by atoms with Crippen molar-refractivity contribution in [2.45, 2.75) is 19.8 Å². The van der Waals surface area contributed by atoms with Gasteiger partial charge >= 0.3 is 5.97 Å². The fraction of sp³-hybridized carbons (Fsp3) is 0.875. The molecule has 0 rings (SSSR count). The molecule has 0 radical (unpaired) electrons. The van der Waals surface area contributed by atoms with Gasteiger partial charge in [-0.2, -0.15) is 0 Å². The molecule has 11 heavy (non-hydrogen) atoms. The molecule has 0 saturated carbocycles. The quantitative estimate of drug-likeness (QED) is 0.558. The second kappa shape index (κ2) is 6.16. The van der Waals surface area contributed by atoms with Gasteiger partial charge in [-0.3, -0.25) is 4.79 Å². The van der Waals surface area contributed by atoms with Crippen molar-refractivity contribution in [3.05, 3.63) is 0 Å². The second-order valence-corrected chi connectivity index (χ2v) is 2.77. The third-order valence-corrected chi connectivity index (χ3v) is 1.23. The molecule has 0 amide bonds. The molecular weight excluding hydrogens is 142 g/mol. The Morgan fingerprint density at radius 2 is 2.09 bits per heavy atom. The molecule has 0 aromatic heterocycles. The van der Waals surface area contributed by atoms with Gasteiger partial charge in [0.2, 0.25) is 0 Å². The lowest BCUT2D eigenvalue weighted by Gasteiger charge is -2.08. The van der Waals surface area contributed by atoms with E-state index in [1.54, 1.807) is 0 Å². The van der Waals surface area contributed by atoms with Crippen molar-refractivity contribution in [2.75, 3.05) is 27.2 Å². The van der Waals surface area contributed by atoms with Crippen LogP contribution in [0.2, 0.25) is 0 Å². The van der Waals surface area contributed by atoms with E-state index in [2.05, 4.69) is 0 Å². The highest BCUT2D eigenvalue weighted by Crippen LogP contribution is 1.89. The van der Waals surface area contributed by atoms with Crippen LogP contribution in [0.4, 0.5) is 0 Å². The van der Waals surface area contributed by atoms with Gasteiger partial charge in [0.25, 0.3) is 0 Å². The first-order chi connectivity index (χ1) is 5.16. The van der Waals surface area contributed by atoms with Gasteiger partial charge in [-0.1, -0.05) is 6.92 Å². The number of hydrogen-bond donors (Lipinski definition) is 0. The average molecular weight is 159 g/mol. The van der Waals surface area contributed by atoms with E-state index in [4.69, 9.17) is 4.74 Å². The highest BCUT2D eigenvalue weighted by Gasteiger charge is 2.01. The van der Waals surface area contributed by atoms with E-state index in [1.165, 1.54) is 0 Å². The average Bonchev–Trinajstić information content (AvgIpc) is 1.97. The Labute approximate surface area is 68.3 Å². The van der Waals surface area contributed by atoms with Crippen LogP contribution in [0.1, 0.15) is 19.8 Å². The highest BCUT2D eigenvalue weighted by molar-refractivity contribution is 5.69. The second-order valence-electron chi connectivity index (χ2n) is 2.77. The predicted octanol–water partition coefficient (Wildman–Crippen LogP) is 0.891. The lowest BCUT2D eigenvalue weighted by atomic mass is 10.4. The maximum Gasteiger partial charge on any atom is 0.307 e. The van der Waals surface area contributed by atoms with Crippen LogP contribution in [-0.4, -0.2) is 38.1 Å². The number of carbonyl (C=O) groups excluding carboxylic acids is 1. The Balaban J connectivity index is 3.23. The van der Waals surface area contributed by atoms with Crippen LogP contribution >= 0.6 is 0 Å². The number of hydrogen-bond acceptors (Lipinski definition) is 3. The largest absolute Gasteiger partial charge is 0.466 e. The summed E-state index contributed by atoms with van der Waals surface area (Å²) in [4.78, 5) is 12.8. The van der Waals surface area contributed by atoms with Crippen molar-refractivity contribution in [3.63, 3.8) is 0 Å². The lowest BCUT2D eigenvalue weighted by molar-refractivity contribution is -0.143. The molecule has 0 heterocycles. The van der Waals surface area contributed by atoms with Crippen molar-refractivity contribution in [3.8, 4) is 0 Å². The van der Waals surface area contributed by atoms with Crippen molar-refractivity contribution in [1.29, 1.82) is 0 Å². The van der Waals surface area contributed by atoms with Crippen LogP contribution in [-0.2, 0) is 9.53 Å². The van der Waals surface area contributed by atoms with Gasteiger partial charge in [0.15, 0.2) is 0 Å². The van der Waals surface area contributed by atoms with Gasteiger partial charge in [0, 0.05) is 6.54 Å². The lowest BCUT2D eigenvalue weighted by Crippen LogP contribution is -2.18. The van der Waals surface area contributed by atoms with Gasteiger partial charge in [-0.15, -0.1) is 0 Å². The van der Waals surface area contributed by atoms with E-state index in [0.717, 1.165) is 13.0 Å². The van der Waals surface area contributed by atoms with Crippen molar-refractivity contribution < 1.29 is 9.53 Å². The predicted molar refractivity (Wildman–Crippen MR) is 44.4 cm³/mol. The SMILES string of the molecule is CCCOC(=O)CCN(C)C. The minimum Gasteiger partial charge on any atom is -0.466 e. The minimum atomic E-state index is -0.0967. The Bertz CT molecular complexity index is 113. The van der Waals surface area contributed by atoms with Gasteiger partial charge in [-0.25, -0.2) is 0 Å². The van der Waals surface area contributed by atoms with E-state index < -0.39 is 0 Å². The van der Waals surface area contributed by atoms with E-state index in [0.29, 0.717) is 13.0 Å². The molecule has 0 spiro atoms. The zero-order valence-electron chi connectivity index (χ0n) is 7.59. The Kier molecular flexibility index (Phi) is 5.84. The molecule has 3 heteroatoms. The maximum absolute atomic E-state index is 10.9. The first kappa shape index (κ1) is 10.4. The molecule has 0 aromatic rings. The normalized spacial score (nSPS) is 10.2. The molecule has 0 bridgehead atoms. The van der Waals surface area contributed by atoms with E-state index in [9.17, 15) is 4.79 Å². The summed E-state index contributed by atoms with van der Waals surface area (Å²) in [6, 6.07) is 0. The molecule has 0 aliphatic rings. The van der Waals surface area contributed by atoms with Crippen LogP contribution in [0.25, 0.3) is 0 Å². The van der Waals surface area contributed by atoms with Crippen LogP contribution in [0.3, 0.4) is 0 Å². The zero-order chi connectivity index (χ0) is 8.69. The number of carbonyl (C=O) groups is 1. The third-order valence-electron chi connectivity index (χ3n) is 1.23. The third kappa shape index (κ3) is 7.33. The molecule has 3 nitrogen and oxygen atoms in total. The standard InChI is InChI=1S/C8H17NO2/c1-4-7-11-8(10)5-6-9(2)3/h4-7H2,1-3H3. The van der Waals surface area contributed by atoms with Crippen LogP contribution < -0.4 is 0 Å². The van der Waals surface area contributed by atoms with Gasteiger partial charge in [-0.05, 0) is 20.5 Å². The fourth-order valence-electron chi connectivity index (χ4n) is 0.603. The van der Waals surface area contributed by atoms with Crippen LogP contribution in [0.5, 0.6) is 0 Å². The zero-order valence-corrected chi connectivity index (χ0v) is 7.59. The molecule has 66 valence electrons. The molecule has 0 aromatic carbocycles. The Hall–Kier alpha value is -0.570. The summed E-state index contributed by atoms with van der Waals surface area (Å²) in [6.07, 6.45) is 1.39. The molecule has 0 N–H and O–H groups in total. The minimum absolute atomic E-state index is 0.0967. The summed E-state index contributed by atoms with van der Waals surface area (Å²) in [5.74, 6) is -0.0967. The summed E-state index contributed by atoms with van der Waals surface area (Å²) in [5.41, 5.74) is 0. The first-order valence-electron chi connectivity index (χ1n) is 3.97. The van der Waals surface area contributed by atoms with E-state index in [1.807, 2.05) is 25.9 Å². The molecule has 0 aliphatic carbocycles. The van der Waals surface area contributed by atoms with E-state index in [-0.39, 0.29) is 5.97 Å². The molecular formula is C8H17NO2. The molecule has 0 aliphatic heterocycles. The van der Waals surface area contributed by atoms with Crippen molar-refractivity contribution >= 4 is 5.97 Å². The highest BCUT2D eigenvalue weighted by atomic mass is 16.5. The van der Waals surface area contributed by atoms with Gasteiger partial charge < -0.3 is 9.64 Å². The summed E-state index contributed by atoms with van der Waals surface area (Å²) >= 11 is 0. The summed E-state index contributed by atoms with van der Waals surface area (Å²) < 4.78 is 4.88. The number of rotatable bonds is 5. The number of esters is 1. The summed E-state index contributed by atoms with van der Waals surface area (Å²) in [6.45, 7) is 3.30.